The maximum absolute atomic E-state index is 10.6. The molecule has 1 unspecified atom stereocenters. The second-order valence-electron chi connectivity index (χ2n) is 6.78. The average molecular weight is 304 g/mol. The number of benzene rings is 1. The molecule has 2 fully saturated rings. The molecule has 0 radical (unpaired) electrons. The van der Waals surface area contributed by atoms with E-state index in [2.05, 4.69) is 34.5 Å². The van der Waals surface area contributed by atoms with Gasteiger partial charge in [0.2, 0.25) is 0 Å². The molecule has 4 nitrogen and oxygen atoms in total. The van der Waals surface area contributed by atoms with Gasteiger partial charge in [-0.2, -0.15) is 0 Å². The smallest absolute Gasteiger partial charge is 0.0898 e. The quantitative estimate of drug-likeness (QED) is 0.870. The molecule has 2 aliphatic rings. The highest BCUT2D eigenvalue weighted by Crippen LogP contribution is 2.21. The molecule has 122 valence electrons. The van der Waals surface area contributed by atoms with Gasteiger partial charge in [-0.25, -0.2) is 0 Å². The molecule has 2 N–H and O–H groups in total. The number of nitrogens with one attached hydrogen (secondary N) is 1. The Balaban J connectivity index is 1.39. The molecule has 0 saturated carbocycles. The minimum Gasteiger partial charge on any atom is -0.387 e. The fraction of sp³-hybridized carbons (Fsp3) is 0.667. The number of hydrogen-bond acceptors (Lipinski definition) is 4. The van der Waals surface area contributed by atoms with Crippen LogP contribution in [-0.4, -0.2) is 54.4 Å². The summed E-state index contributed by atoms with van der Waals surface area (Å²) in [4.78, 5) is 2.40. The summed E-state index contributed by atoms with van der Waals surface area (Å²) in [6, 6.07) is 10.4. The lowest BCUT2D eigenvalue weighted by molar-refractivity contribution is -0.0444. The fourth-order valence-electron chi connectivity index (χ4n) is 3.53. The lowest BCUT2D eigenvalue weighted by Gasteiger charge is -2.40. The van der Waals surface area contributed by atoms with E-state index in [0.29, 0.717) is 12.7 Å². The first-order valence-corrected chi connectivity index (χ1v) is 8.55. The molecular formula is C18H28N2O2. The summed E-state index contributed by atoms with van der Waals surface area (Å²) in [5.41, 5.74) is 0.711. The van der Waals surface area contributed by atoms with Crippen LogP contribution in [0.25, 0.3) is 0 Å². The van der Waals surface area contributed by atoms with Crippen LogP contribution in [0.2, 0.25) is 0 Å². The summed E-state index contributed by atoms with van der Waals surface area (Å²) >= 11 is 0. The van der Waals surface area contributed by atoms with E-state index in [1.807, 2.05) is 6.07 Å². The lowest BCUT2D eigenvalue weighted by atomic mass is 9.92. The van der Waals surface area contributed by atoms with Crippen molar-refractivity contribution in [3.8, 4) is 0 Å². The third-order valence-corrected chi connectivity index (χ3v) is 4.83. The van der Waals surface area contributed by atoms with Crippen molar-refractivity contribution < 1.29 is 9.84 Å². The molecular weight excluding hydrogens is 276 g/mol. The van der Waals surface area contributed by atoms with Crippen molar-refractivity contribution in [1.29, 1.82) is 0 Å². The van der Waals surface area contributed by atoms with E-state index in [1.165, 1.54) is 5.56 Å². The number of likely N-dealkylation sites (tertiary alicyclic amines) is 1. The fourth-order valence-corrected chi connectivity index (χ4v) is 3.53. The van der Waals surface area contributed by atoms with E-state index in [0.717, 1.165) is 58.4 Å². The topological polar surface area (TPSA) is 44.7 Å². The summed E-state index contributed by atoms with van der Waals surface area (Å²) in [6.07, 6.45) is 4.49. The first kappa shape index (κ1) is 15.9. The van der Waals surface area contributed by atoms with Crippen LogP contribution in [0.15, 0.2) is 30.3 Å². The summed E-state index contributed by atoms with van der Waals surface area (Å²) in [6.45, 7) is 5.34. The molecule has 2 heterocycles. The average Bonchev–Trinajstić information content (AvgIpc) is 2.55. The molecule has 22 heavy (non-hydrogen) atoms. The van der Waals surface area contributed by atoms with Gasteiger partial charge >= 0.3 is 0 Å². The van der Waals surface area contributed by atoms with E-state index >= 15 is 0 Å². The van der Waals surface area contributed by atoms with Crippen LogP contribution in [-0.2, 0) is 11.3 Å². The first-order chi connectivity index (χ1) is 10.7. The largest absolute Gasteiger partial charge is 0.387 e. The van der Waals surface area contributed by atoms with Crippen molar-refractivity contribution in [2.75, 3.05) is 32.7 Å². The van der Waals surface area contributed by atoms with Gasteiger partial charge in [-0.05, 0) is 37.8 Å². The van der Waals surface area contributed by atoms with Crippen molar-refractivity contribution in [1.82, 2.24) is 10.2 Å². The van der Waals surface area contributed by atoms with E-state index in [-0.39, 0.29) is 0 Å². The van der Waals surface area contributed by atoms with Crippen LogP contribution in [0.4, 0.5) is 0 Å². The highest BCUT2D eigenvalue weighted by molar-refractivity contribution is 5.13. The monoisotopic (exact) mass is 304 g/mol. The van der Waals surface area contributed by atoms with Gasteiger partial charge in [-0.1, -0.05) is 30.3 Å². The van der Waals surface area contributed by atoms with Crippen LogP contribution >= 0.6 is 0 Å². The van der Waals surface area contributed by atoms with Crippen LogP contribution < -0.4 is 5.32 Å². The van der Waals surface area contributed by atoms with Gasteiger partial charge < -0.3 is 20.1 Å². The number of nitrogens with zero attached hydrogens (tertiary/aromatic N) is 1. The number of aliphatic hydroxyl groups is 1. The molecule has 0 aromatic heterocycles. The molecule has 4 heteroatoms. The first-order valence-electron chi connectivity index (χ1n) is 8.55. The second-order valence-corrected chi connectivity index (χ2v) is 6.78. The van der Waals surface area contributed by atoms with Crippen LogP contribution in [0, 0.1) is 0 Å². The van der Waals surface area contributed by atoms with Crippen LogP contribution in [0.3, 0.4) is 0 Å². The molecule has 0 bridgehead atoms. The normalized spacial score (nSPS) is 27.9. The third kappa shape index (κ3) is 4.53. The lowest BCUT2D eigenvalue weighted by Crippen LogP contribution is -2.54. The zero-order chi connectivity index (χ0) is 15.3. The molecule has 1 atom stereocenters. The Morgan fingerprint density at radius 3 is 2.68 bits per heavy atom. The Bertz CT molecular complexity index is 438. The summed E-state index contributed by atoms with van der Waals surface area (Å²) < 4.78 is 6.03. The Labute approximate surface area is 133 Å². The van der Waals surface area contributed by atoms with Gasteiger partial charge in [0.15, 0.2) is 0 Å². The Morgan fingerprint density at radius 2 is 2.00 bits per heavy atom. The zero-order valence-corrected chi connectivity index (χ0v) is 13.3. The molecule has 0 aliphatic carbocycles. The van der Waals surface area contributed by atoms with Gasteiger partial charge in [0.25, 0.3) is 0 Å². The van der Waals surface area contributed by atoms with Crippen molar-refractivity contribution in [3.05, 3.63) is 35.9 Å². The van der Waals surface area contributed by atoms with Gasteiger partial charge in [-0.3, -0.25) is 0 Å². The van der Waals surface area contributed by atoms with Crippen molar-refractivity contribution in [3.63, 3.8) is 0 Å². The molecule has 2 saturated heterocycles. The number of β-amino-alcohol motifs (C(OH)–C–C–N with tert-alkyl or cyclic N) is 1. The molecule has 3 rings (SSSR count). The van der Waals surface area contributed by atoms with E-state index in [4.69, 9.17) is 4.74 Å². The predicted molar refractivity (Wildman–Crippen MR) is 87.7 cm³/mol. The van der Waals surface area contributed by atoms with Crippen LogP contribution in [0.5, 0.6) is 0 Å². The highest BCUT2D eigenvalue weighted by atomic mass is 16.5. The minimum atomic E-state index is -0.532. The van der Waals surface area contributed by atoms with Crippen molar-refractivity contribution in [2.45, 2.75) is 44.0 Å². The molecule has 1 aromatic carbocycles. The highest BCUT2D eigenvalue weighted by Gasteiger charge is 2.32. The zero-order valence-electron chi connectivity index (χ0n) is 13.3. The molecule has 0 spiro atoms. The van der Waals surface area contributed by atoms with E-state index < -0.39 is 5.60 Å². The number of piperidine rings is 2. The van der Waals surface area contributed by atoms with Gasteiger partial charge in [0.1, 0.15) is 0 Å². The van der Waals surface area contributed by atoms with Crippen LogP contribution in [0.1, 0.15) is 31.2 Å². The van der Waals surface area contributed by atoms with E-state index in [9.17, 15) is 5.11 Å². The van der Waals surface area contributed by atoms with Gasteiger partial charge in [0, 0.05) is 26.2 Å². The minimum absolute atomic E-state index is 0.357. The van der Waals surface area contributed by atoms with Gasteiger partial charge in [-0.15, -0.1) is 0 Å². The summed E-state index contributed by atoms with van der Waals surface area (Å²) in [5, 5.41) is 13.9. The number of hydrogen-bond donors (Lipinski definition) is 2. The third-order valence-electron chi connectivity index (χ3n) is 4.83. The summed E-state index contributed by atoms with van der Waals surface area (Å²) in [7, 11) is 0. The number of rotatable bonds is 5. The summed E-state index contributed by atoms with van der Waals surface area (Å²) in [5.74, 6) is 0. The van der Waals surface area contributed by atoms with Crippen molar-refractivity contribution in [2.24, 2.45) is 0 Å². The Hall–Kier alpha value is -0.940. The van der Waals surface area contributed by atoms with Gasteiger partial charge in [0.05, 0.1) is 18.3 Å². The predicted octanol–water partition coefficient (Wildman–Crippen LogP) is 1.78. The number of ether oxygens (including phenoxy) is 1. The molecule has 2 aliphatic heterocycles. The Morgan fingerprint density at radius 1 is 1.23 bits per heavy atom. The maximum Gasteiger partial charge on any atom is 0.0898 e. The molecule has 0 amide bonds. The second kappa shape index (κ2) is 7.55. The van der Waals surface area contributed by atoms with E-state index in [1.54, 1.807) is 0 Å². The molecule has 1 aromatic rings. The standard InChI is InChI=1S/C18H28N2O2/c21-18(9-4-10-19-14-18)15-20-11-7-17(8-12-20)22-13-16-5-2-1-3-6-16/h1-3,5-6,17,19,21H,4,7-15H2. The van der Waals surface area contributed by atoms with Crippen molar-refractivity contribution >= 4 is 0 Å². The maximum atomic E-state index is 10.6. The Kier molecular flexibility index (Phi) is 5.47. The SMILES string of the molecule is OC1(CN2CCC(OCc3ccccc3)CC2)CCCNC1.